The third kappa shape index (κ3) is 5.44. The summed E-state index contributed by atoms with van der Waals surface area (Å²) in [6.07, 6.45) is 3.14. The van der Waals surface area contributed by atoms with E-state index in [0.29, 0.717) is 0 Å². The first-order valence-electron chi connectivity index (χ1n) is 2.64. The minimum absolute atomic E-state index is 0.355. The van der Waals surface area contributed by atoms with Gasteiger partial charge in [-0.25, -0.2) is 0 Å². The number of hydrogen-bond donors (Lipinski definition) is 1. The van der Waals surface area contributed by atoms with Crippen LogP contribution in [0.25, 0.3) is 0 Å². The van der Waals surface area contributed by atoms with Gasteiger partial charge in [0, 0.05) is 0 Å². The first kappa shape index (κ1) is 7.44. The standard InChI is InChI=1S/C7H12O/c1-6(2)4-5-7(3)8/h4-5,7-8H,1H2,2-3H3/b5-4-/t7-/m1/s1. The van der Waals surface area contributed by atoms with Crippen molar-refractivity contribution in [3.05, 3.63) is 24.3 Å². The van der Waals surface area contributed by atoms with Crippen molar-refractivity contribution < 1.29 is 5.11 Å². The van der Waals surface area contributed by atoms with Gasteiger partial charge in [0.05, 0.1) is 6.10 Å². The molecular formula is C7H12O. The molecular weight excluding hydrogens is 100 g/mol. The fourth-order valence-corrected chi connectivity index (χ4v) is 0.304. The van der Waals surface area contributed by atoms with E-state index in [4.69, 9.17) is 5.11 Å². The topological polar surface area (TPSA) is 20.2 Å². The van der Waals surface area contributed by atoms with Crippen LogP contribution in [0.4, 0.5) is 0 Å². The highest BCUT2D eigenvalue weighted by atomic mass is 16.3. The molecule has 1 atom stereocenters. The van der Waals surface area contributed by atoms with Gasteiger partial charge >= 0.3 is 0 Å². The summed E-state index contributed by atoms with van der Waals surface area (Å²) in [6, 6.07) is 0. The largest absolute Gasteiger partial charge is 0.389 e. The third-order valence-corrected chi connectivity index (χ3v) is 0.659. The van der Waals surface area contributed by atoms with E-state index in [0.717, 1.165) is 5.57 Å². The molecule has 0 radical (unpaired) electrons. The van der Waals surface area contributed by atoms with Crippen LogP contribution in [0.1, 0.15) is 13.8 Å². The van der Waals surface area contributed by atoms with Crippen LogP contribution in [-0.4, -0.2) is 11.2 Å². The Bertz CT molecular complexity index is 101. The lowest BCUT2D eigenvalue weighted by molar-refractivity contribution is 0.244. The molecule has 0 aromatic heterocycles. The molecule has 0 aromatic rings. The van der Waals surface area contributed by atoms with E-state index in [2.05, 4.69) is 6.58 Å². The summed E-state index contributed by atoms with van der Waals surface area (Å²) in [7, 11) is 0. The molecule has 0 fully saturated rings. The van der Waals surface area contributed by atoms with E-state index in [-0.39, 0.29) is 6.10 Å². The highest BCUT2D eigenvalue weighted by Crippen LogP contribution is 1.90. The molecule has 0 aliphatic heterocycles. The molecule has 0 aromatic carbocycles. The summed E-state index contributed by atoms with van der Waals surface area (Å²) in [5.74, 6) is 0. The average Bonchev–Trinajstić information content (AvgIpc) is 1.61. The molecule has 46 valence electrons. The Morgan fingerprint density at radius 2 is 2.25 bits per heavy atom. The summed E-state index contributed by atoms with van der Waals surface area (Å²) in [5.41, 5.74) is 0.964. The monoisotopic (exact) mass is 112 g/mol. The van der Waals surface area contributed by atoms with Crippen molar-refractivity contribution in [2.45, 2.75) is 20.0 Å². The molecule has 0 aliphatic carbocycles. The lowest BCUT2D eigenvalue weighted by Crippen LogP contribution is -1.91. The van der Waals surface area contributed by atoms with Gasteiger partial charge in [-0.15, -0.1) is 0 Å². The predicted molar refractivity (Wildman–Crippen MR) is 35.6 cm³/mol. The zero-order valence-electron chi connectivity index (χ0n) is 5.39. The lowest BCUT2D eigenvalue weighted by atomic mass is 10.3. The van der Waals surface area contributed by atoms with Gasteiger partial charge in [0.15, 0.2) is 0 Å². The summed E-state index contributed by atoms with van der Waals surface area (Å²) >= 11 is 0. The Morgan fingerprint density at radius 1 is 1.75 bits per heavy atom. The molecule has 8 heavy (non-hydrogen) atoms. The molecule has 0 bridgehead atoms. The van der Waals surface area contributed by atoms with Crippen molar-refractivity contribution in [3.8, 4) is 0 Å². The maximum atomic E-state index is 8.67. The molecule has 0 aliphatic rings. The van der Waals surface area contributed by atoms with E-state index in [1.807, 2.05) is 6.92 Å². The van der Waals surface area contributed by atoms with Gasteiger partial charge < -0.3 is 5.11 Å². The SMILES string of the molecule is C=C(C)/C=C\[C@@H](C)O. The summed E-state index contributed by atoms with van der Waals surface area (Å²) in [6.45, 7) is 7.22. The number of aliphatic hydroxyl groups is 1. The highest BCUT2D eigenvalue weighted by Gasteiger charge is 1.82. The minimum Gasteiger partial charge on any atom is -0.389 e. The summed E-state index contributed by atoms with van der Waals surface area (Å²) in [5, 5.41) is 8.67. The first-order chi connectivity index (χ1) is 3.63. The van der Waals surface area contributed by atoms with Crippen LogP contribution < -0.4 is 0 Å². The molecule has 0 spiro atoms. The van der Waals surface area contributed by atoms with E-state index in [1.165, 1.54) is 0 Å². The number of rotatable bonds is 2. The lowest BCUT2D eigenvalue weighted by Gasteiger charge is -1.90. The molecule has 0 saturated heterocycles. The van der Waals surface area contributed by atoms with E-state index >= 15 is 0 Å². The molecule has 1 heteroatoms. The van der Waals surface area contributed by atoms with Crippen LogP contribution in [0, 0.1) is 0 Å². The minimum atomic E-state index is -0.355. The normalized spacial score (nSPS) is 14.4. The Balaban J connectivity index is 3.50. The maximum absolute atomic E-state index is 8.67. The highest BCUT2D eigenvalue weighted by molar-refractivity contribution is 5.11. The van der Waals surface area contributed by atoms with Crippen molar-refractivity contribution >= 4 is 0 Å². The van der Waals surface area contributed by atoms with Crippen LogP contribution >= 0.6 is 0 Å². The Kier molecular flexibility index (Phi) is 3.20. The van der Waals surface area contributed by atoms with Crippen molar-refractivity contribution in [1.82, 2.24) is 0 Å². The Hall–Kier alpha value is -0.560. The molecule has 0 saturated carbocycles. The summed E-state index contributed by atoms with van der Waals surface area (Å²) < 4.78 is 0. The van der Waals surface area contributed by atoms with Crippen LogP contribution in [0.15, 0.2) is 24.3 Å². The Morgan fingerprint density at radius 3 is 2.38 bits per heavy atom. The maximum Gasteiger partial charge on any atom is 0.0695 e. The second-order valence-corrected chi connectivity index (χ2v) is 1.95. The van der Waals surface area contributed by atoms with Crippen molar-refractivity contribution in [3.63, 3.8) is 0 Å². The van der Waals surface area contributed by atoms with Gasteiger partial charge in [-0.1, -0.05) is 24.3 Å². The molecule has 0 heterocycles. The predicted octanol–water partition coefficient (Wildman–Crippen LogP) is 1.50. The average molecular weight is 112 g/mol. The van der Waals surface area contributed by atoms with Crippen LogP contribution in [0.5, 0.6) is 0 Å². The smallest absolute Gasteiger partial charge is 0.0695 e. The first-order valence-corrected chi connectivity index (χ1v) is 2.64. The van der Waals surface area contributed by atoms with Crippen LogP contribution in [0.3, 0.4) is 0 Å². The zero-order valence-corrected chi connectivity index (χ0v) is 5.39. The van der Waals surface area contributed by atoms with Gasteiger partial charge in [-0.05, 0) is 13.8 Å². The van der Waals surface area contributed by atoms with E-state index in [9.17, 15) is 0 Å². The van der Waals surface area contributed by atoms with Crippen molar-refractivity contribution in [1.29, 1.82) is 0 Å². The third-order valence-electron chi connectivity index (χ3n) is 0.659. The fraction of sp³-hybridized carbons (Fsp3) is 0.429. The van der Waals surface area contributed by atoms with Gasteiger partial charge in [-0.3, -0.25) is 0 Å². The van der Waals surface area contributed by atoms with Gasteiger partial charge in [0.1, 0.15) is 0 Å². The quantitative estimate of drug-likeness (QED) is 0.537. The summed E-state index contributed by atoms with van der Waals surface area (Å²) in [4.78, 5) is 0. The fourth-order valence-electron chi connectivity index (χ4n) is 0.304. The molecule has 1 N–H and O–H groups in total. The van der Waals surface area contributed by atoms with E-state index < -0.39 is 0 Å². The zero-order chi connectivity index (χ0) is 6.57. The van der Waals surface area contributed by atoms with Gasteiger partial charge in [0.25, 0.3) is 0 Å². The van der Waals surface area contributed by atoms with Gasteiger partial charge in [0.2, 0.25) is 0 Å². The molecule has 1 nitrogen and oxygen atoms in total. The van der Waals surface area contributed by atoms with Gasteiger partial charge in [-0.2, -0.15) is 0 Å². The van der Waals surface area contributed by atoms with Crippen LogP contribution in [0.2, 0.25) is 0 Å². The second kappa shape index (κ2) is 3.44. The van der Waals surface area contributed by atoms with E-state index in [1.54, 1.807) is 19.1 Å². The molecule has 0 amide bonds. The van der Waals surface area contributed by atoms with Crippen molar-refractivity contribution in [2.75, 3.05) is 0 Å². The number of hydrogen-bond acceptors (Lipinski definition) is 1. The molecule has 0 unspecified atom stereocenters. The van der Waals surface area contributed by atoms with Crippen LogP contribution in [-0.2, 0) is 0 Å². The number of allylic oxidation sites excluding steroid dienone is 2. The Labute approximate surface area is 50.3 Å². The van der Waals surface area contributed by atoms with Crippen molar-refractivity contribution in [2.24, 2.45) is 0 Å². The number of aliphatic hydroxyl groups excluding tert-OH is 1. The second-order valence-electron chi connectivity index (χ2n) is 1.95. The molecule has 0 rings (SSSR count).